The van der Waals surface area contributed by atoms with Crippen LogP contribution in [0.5, 0.6) is 5.75 Å². The van der Waals surface area contributed by atoms with Crippen LogP contribution in [0.4, 0.5) is 4.39 Å². The molecule has 0 saturated heterocycles. The van der Waals surface area contributed by atoms with Gasteiger partial charge >= 0.3 is 5.97 Å². The second-order valence-corrected chi connectivity index (χ2v) is 6.77. The van der Waals surface area contributed by atoms with E-state index >= 15 is 0 Å². The van der Waals surface area contributed by atoms with Crippen molar-refractivity contribution < 1.29 is 24.2 Å². The normalized spacial score (nSPS) is 14.6. The van der Waals surface area contributed by atoms with E-state index in [0.29, 0.717) is 29.0 Å². The van der Waals surface area contributed by atoms with Crippen LogP contribution < -0.4 is 4.74 Å². The Morgan fingerprint density at radius 2 is 2.04 bits per heavy atom. The third-order valence-electron chi connectivity index (χ3n) is 5.35. The third kappa shape index (κ3) is 3.45. The monoisotopic (exact) mass is 386 g/mol. The molecule has 2 N–H and O–H groups in total. The molecule has 0 spiro atoms. The lowest BCUT2D eigenvalue weighted by Gasteiger charge is -2.31. The van der Waals surface area contributed by atoms with Crippen LogP contribution in [0.25, 0.3) is 11.1 Å². The van der Waals surface area contributed by atoms with Gasteiger partial charge in [0.25, 0.3) is 0 Å². The standard InChI is InChI=1S/C21H23FN2O4/c1-4-24-8-7-14-16(17-9-13(22)5-6-19(17)28-3)10-15(12(2)18(14)11-24)20(23-27)21(25)26/h5-6,9-10,27H,4,7-8,11H2,1-3H3,(H,25,26)/b23-20-. The average Bonchev–Trinajstić information content (AvgIpc) is 2.69. The van der Waals surface area contributed by atoms with Gasteiger partial charge in [0.1, 0.15) is 11.6 Å². The Hall–Kier alpha value is -2.93. The molecule has 2 aromatic carbocycles. The number of nitrogens with zero attached hydrogens (tertiary/aromatic N) is 2. The molecule has 0 amide bonds. The van der Waals surface area contributed by atoms with Gasteiger partial charge in [0.05, 0.1) is 7.11 Å². The molecule has 7 heteroatoms. The van der Waals surface area contributed by atoms with Gasteiger partial charge in [0.2, 0.25) is 0 Å². The predicted octanol–water partition coefficient (Wildman–Crippen LogP) is 3.45. The molecule has 28 heavy (non-hydrogen) atoms. The molecule has 6 nitrogen and oxygen atoms in total. The lowest BCUT2D eigenvalue weighted by atomic mass is 9.84. The minimum Gasteiger partial charge on any atom is -0.496 e. The molecule has 0 saturated carbocycles. The van der Waals surface area contributed by atoms with Gasteiger partial charge in [-0.25, -0.2) is 9.18 Å². The number of aliphatic carboxylic acids is 1. The van der Waals surface area contributed by atoms with E-state index in [4.69, 9.17) is 4.74 Å². The SMILES string of the molecule is CCN1CCc2c(-c3cc(F)ccc3OC)cc(/C(=N/O)C(=O)O)c(C)c2C1. The van der Waals surface area contributed by atoms with Crippen molar-refractivity contribution >= 4 is 11.7 Å². The summed E-state index contributed by atoms with van der Waals surface area (Å²) < 4.78 is 19.4. The van der Waals surface area contributed by atoms with E-state index < -0.39 is 17.5 Å². The molecule has 1 aliphatic rings. The summed E-state index contributed by atoms with van der Waals surface area (Å²) in [6, 6.07) is 5.92. The number of carbonyl (C=O) groups is 1. The van der Waals surface area contributed by atoms with Gasteiger partial charge in [-0.3, -0.25) is 4.90 Å². The fourth-order valence-electron chi connectivity index (χ4n) is 3.82. The van der Waals surface area contributed by atoms with Crippen molar-refractivity contribution in [3.05, 3.63) is 52.3 Å². The number of carboxylic acids is 1. The molecular weight excluding hydrogens is 363 g/mol. The summed E-state index contributed by atoms with van der Waals surface area (Å²) in [4.78, 5) is 13.9. The van der Waals surface area contributed by atoms with Gasteiger partial charge < -0.3 is 15.1 Å². The summed E-state index contributed by atoms with van der Waals surface area (Å²) >= 11 is 0. The quantitative estimate of drug-likeness (QED) is 0.467. The predicted molar refractivity (Wildman–Crippen MR) is 104 cm³/mol. The van der Waals surface area contributed by atoms with E-state index in [2.05, 4.69) is 17.0 Å². The van der Waals surface area contributed by atoms with E-state index in [1.54, 1.807) is 12.1 Å². The number of ether oxygens (including phenoxy) is 1. The van der Waals surface area contributed by atoms with Crippen LogP contribution in [-0.4, -0.2) is 47.1 Å². The molecule has 1 aliphatic heterocycles. The van der Waals surface area contributed by atoms with Crippen molar-refractivity contribution in [2.24, 2.45) is 5.16 Å². The van der Waals surface area contributed by atoms with Crippen LogP contribution >= 0.6 is 0 Å². The Balaban J connectivity index is 2.34. The van der Waals surface area contributed by atoms with E-state index in [1.165, 1.54) is 19.2 Å². The van der Waals surface area contributed by atoms with E-state index in [1.807, 2.05) is 6.92 Å². The number of hydrogen-bond donors (Lipinski definition) is 2. The number of methoxy groups -OCH3 is 1. The fraction of sp³-hybridized carbons (Fsp3) is 0.333. The first-order chi connectivity index (χ1) is 13.4. The van der Waals surface area contributed by atoms with Gasteiger partial charge in [-0.1, -0.05) is 12.1 Å². The third-order valence-corrected chi connectivity index (χ3v) is 5.35. The van der Waals surface area contributed by atoms with Crippen LogP contribution in [0.3, 0.4) is 0 Å². The van der Waals surface area contributed by atoms with Gasteiger partial charge in [0, 0.05) is 24.2 Å². The van der Waals surface area contributed by atoms with Crippen LogP contribution in [-0.2, 0) is 17.8 Å². The largest absolute Gasteiger partial charge is 0.496 e. The van der Waals surface area contributed by atoms with E-state index in [0.717, 1.165) is 36.2 Å². The molecule has 3 rings (SSSR count). The Kier molecular flexibility index (Phi) is 5.65. The smallest absolute Gasteiger partial charge is 0.358 e. The van der Waals surface area contributed by atoms with Crippen molar-refractivity contribution in [1.29, 1.82) is 0 Å². The van der Waals surface area contributed by atoms with Gasteiger partial charge in [0.15, 0.2) is 5.71 Å². The van der Waals surface area contributed by atoms with E-state index in [9.17, 15) is 19.5 Å². The number of halogens is 1. The summed E-state index contributed by atoms with van der Waals surface area (Å²) in [5.74, 6) is -1.24. The zero-order chi connectivity index (χ0) is 20.4. The second kappa shape index (κ2) is 7.98. The number of benzene rings is 2. The maximum absolute atomic E-state index is 14.0. The van der Waals surface area contributed by atoms with Crippen LogP contribution in [0, 0.1) is 12.7 Å². The summed E-state index contributed by atoms with van der Waals surface area (Å²) in [7, 11) is 1.51. The molecule has 2 aromatic rings. The first-order valence-corrected chi connectivity index (χ1v) is 9.08. The zero-order valence-corrected chi connectivity index (χ0v) is 16.1. The van der Waals surface area contributed by atoms with Crippen molar-refractivity contribution in [2.75, 3.05) is 20.2 Å². The summed E-state index contributed by atoms with van der Waals surface area (Å²) in [5.41, 5.74) is 3.89. The number of oxime groups is 1. The maximum Gasteiger partial charge on any atom is 0.358 e. The number of fused-ring (bicyclic) bond motifs is 1. The van der Waals surface area contributed by atoms with Gasteiger partial charge in [-0.15, -0.1) is 0 Å². The molecule has 0 fully saturated rings. The molecule has 148 valence electrons. The molecule has 0 bridgehead atoms. The van der Waals surface area contributed by atoms with Crippen molar-refractivity contribution in [1.82, 2.24) is 4.90 Å². The van der Waals surface area contributed by atoms with Crippen LogP contribution in [0.1, 0.15) is 29.2 Å². The molecular formula is C21H23FN2O4. The average molecular weight is 386 g/mol. The maximum atomic E-state index is 14.0. The highest BCUT2D eigenvalue weighted by Gasteiger charge is 2.27. The highest BCUT2D eigenvalue weighted by atomic mass is 19.1. The Morgan fingerprint density at radius 3 is 2.64 bits per heavy atom. The molecule has 0 aromatic heterocycles. The fourth-order valence-corrected chi connectivity index (χ4v) is 3.82. The lowest BCUT2D eigenvalue weighted by Crippen LogP contribution is -2.32. The van der Waals surface area contributed by atoms with Crippen LogP contribution in [0.2, 0.25) is 0 Å². The molecule has 0 atom stereocenters. The first kappa shape index (κ1) is 19.8. The van der Waals surface area contributed by atoms with Crippen LogP contribution in [0.15, 0.2) is 29.4 Å². The molecule has 0 radical (unpaired) electrons. The number of hydrogen-bond acceptors (Lipinski definition) is 5. The second-order valence-electron chi connectivity index (χ2n) is 6.77. The zero-order valence-electron chi connectivity index (χ0n) is 16.1. The molecule has 0 unspecified atom stereocenters. The van der Waals surface area contributed by atoms with Crippen molar-refractivity contribution in [3.63, 3.8) is 0 Å². The summed E-state index contributed by atoms with van der Waals surface area (Å²) in [5, 5.41) is 21.8. The number of likely N-dealkylation sites (N-methyl/N-ethyl adjacent to an activating group) is 1. The van der Waals surface area contributed by atoms with Crippen molar-refractivity contribution in [2.45, 2.75) is 26.8 Å². The highest BCUT2D eigenvalue weighted by Crippen LogP contribution is 2.39. The highest BCUT2D eigenvalue weighted by molar-refractivity contribution is 6.42. The Labute approximate surface area is 162 Å². The Morgan fingerprint density at radius 1 is 1.29 bits per heavy atom. The van der Waals surface area contributed by atoms with Crippen molar-refractivity contribution in [3.8, 4) is 16.9 Å². The summed E-state index contributed by atoms with van der Waals surface area (Å²) in [6.07, 6.45) is 0.748. The van der Waals surface area contributed by atoms with Gasteiger partial charge in [-0.05, 0) is 66.4 Å². The Bertz CT molecular complexity index is 956. The van der Waals surface area contributed by atoms with E-state index in [-0.39, 0.29) is 0 Å². The first-order valence-electron chi connectivity index (χ1n) is 9.08. The number of carboxylic acid groups (broad SMARTS) is 1. The minimum absolute atomic E-state index is 0.313. The number of rotatable bonds is 5. The molecule has 1 heterocycles. The topological polar surface area (TPSA) is 82.4 Å². The lowest BCUT2D eigenvalue weighted by molar-refractivity contribution is -0.129. The summed E-state index contributed by atoms with van der Waals surface area (Å²) in [6.45, 7) is 6.26. The molecule has 0 aliphatic carbocycles. The van der Waals surface area contributed by atoms with Gasteiger partial charge in [-0.2, -0.15) is 0 Å². The minimum atomic E-state index is -1.33.